The number of benzene rings is 2. The van der Waals surface area contributed by atoms with Crippen molar-refractivity contribution in [3.05, 3.63) is 82.4 Å². The highest BCUT2D eigenvalue weighted by molar-refractivity contribution is 6.32. The van der Waals surface area contributed by atoms with Crippen LogP contribution in [0.1, 0.15) is 33.2 Å². The zero-order chi connectivity index (χ0) is 21.6. The highest BCUT2D eigenvalue weighted by Gasteiger charge is 2.49. The fourth-order valence-corrected chi connectivity index (χ4v) is 3.81. The van der Waals surface area contributed by atoms with Gasteiger partial charge in [0.1, 0.15) is 29.9 Å². The molecule has 1 aliphatic heterocycles. The van der Waals surface area contributed by atoms with Gasteiger partial charge in [0.15, 0.2) is 0 Å². The van der Waals surface area contributed by atoms with E-state index in [4.69, 9.17) is 11.6 Å². The number of imide groups is 1. The minimum atomic E-state index is -2.14. The van der Waals surface area contributed by atoms with Crippen LogP contribution in [0.2, 0.25) is 5.02 Å². The van der Waals surface area contributed by atoms with Gasteiger partial charge in [-0.05, 0) is 31.2 Å². The first-order valence-electron chi connectivity index (χ1n) is 8.90. The molecule has 3 aromatic rings. The van der Waals surface area contributed by atoms with Crippen LogP contribution in [-0.4, -0.2) is 42.6 Å². The number of amides is 2. The van der Waals surface area contributed by atoms with Gasteiger partial charge >= 0.3 is 0 Å². The van der Waals surface area contributed by atoms with Crippen LogP contribution in [0.5, 0.6) is 0 Å². The van der Waals surface area contributed by atoms with E-state index in [0.29, 0.717) is 6.07 Å². The number of hydrogen-bond acceptors (Lipinski definition) is 5. The number of nitrogens with zero attached hydrogens (tertiary/aromatic N) is 4. The highest BCUT2D eigenvalue weighted by atomic mass is 35.5. The van der Waals surface area contributed by atoms with Gasteiger partial charge in [0.25, 0.3) is 11.8 Å². The maximum absolute atomic E-state index is 14.7. The van der Waals surface area contributed by atoms with Crippen molar-refractivity contribution in [2.45, 2.75) is 25.1 Å². The second kappa shape index (κ2) is 7.26. The van der Waals surface area contributed by atoms with E-state index in [9.17, 15) is 23.5 Å². The smallest absolute Gasteiger partial charge is 0.261 e. The van der Waals surface area contributed by atoms with E-state index in [2.05, 4.69) is 10.1 Å². The standard InChI is InChI=1S/C20H15ClF2N4O3/c1-11(27-18(28)14-4-2-12(21)6-15(14)19(27)29)20(30,8-26-10-24-9-25-26)16-5-3-13(22)7-17(16)23/h2-7,9-11,30H,8H2,1H3. The lowest BCUT2D eigenvalue weighted by Crippen LogP contribution is -2.54. The van der Waals surface area contributed by atoms with Crippen LogP contribution in [0.3, 0.4) is 0 Å². The van der Waals surface area contributed by atoms with Crippen molar-refractivity contribution in [2.75, 3.05) is 0 Å². The average Bonchev–Trinajstić information content (AvgIpc) is 3.27. The number of carbonyl (C=O) groups excluding carboxylic acids is 2. The number of aromatic nitrogens is 3. The van der Waals surface area contributed by atoms with Gasteiger partial charge < -0.3 is 5.11 Å². The molecule has 2 atom stereocenters. The molecule has 2 aromatic carbocycles. The number of aliphatic hydroxyl groups is 1. The molecule has 7 nitrogen and oxygen atoms in total. The van der Waals surface area contributed by atoms with Crippen LogP contribution < -0.4 is 0 Å². The number of hydrogen-bond donors (Lipinski definition) is 1. The monoisotopic (exact) mass is 432 g/mol. The van der Waals surface area contributed by atoms with Crippen LogP contribution >= 0.6 is 11.6 Å². The van der Waals surface area contributed by atoms with Gasteiger partial charge in [-0.15, -0.1) is 0 Å². The van der Waals surface area contributed by atoms with Crippen molar-refractivity contribution in [1.29, 1.82) is 0 Å². The molecule has 0 spiro atoms. The van der Waals surface area contributed by atoms with E-state index in [1.54, 1.807) is 0 Å². The van der Waals surface area contributed by atoms with E-state index < -0.39 is 35.1 Å². The van der Waals surface area contributed by atoms with Crippen molar-refractivity contribution in [1.82, 2.24) is 19.7 Å². The minimum Gasteiger partial charge on any atom is -0.381 e. The predicted octanol–water partition coefficient (Wildman–Crippen LogP) is 2.78. The summed E-state index contributed by atoms with van der Waals surface area (Å²) < 4.78 is 29.4. The molecule has 0 saturated carbocycles. The average molecular weight is 433 g/mol. The zero-order valence-corrected chi connectivity index (χ0v) is 16.3. The Hall–Kier alpha value is -3.17. The minimum absolute atomic E-state index is 0.0852. The molecule has 1 aliphatic rings. The molecular formula is C20H15ClF2N4O3. The predicted molar refractivity (Wildman–Crippen MR) is 102 cm³/mol. The fraction of sp³-hybridized carbons (Fsp3) is 0.200. The zero-order valence-electron chi connectivity index (χ0n) is 15.6. The van der Waals surface area contributed by atoms with Crippen molar-refractivity contribution in [3.8, 4) is 0 Å². The Balaban J connectivity index is 1.81. The Labute approximate surface area is 174 Å². The molecule has 0 radical (unpaired) electrons. The van der Waals surface area contributed by atoms with Crippen molar-refractivity contribution < 1.29 is 23.5 Å². The molecule has 0 bridgehead atoms. The molecule has 2 heterocycles. The summed E-state index contributed by atoms with van der Waals surface area (Å²) in [7, 11) is 0. The lowest BCUT2D eigenvalue weighted by atomic mass is 9.85. The first-order valence-corrected chi connectivity index (χ1v) is 9.28. The molecular weight excluding hydrogens is 418 g/mol. The fourth-order valence-electron chi connectivity index (χ4n) is 3.64. The Kier molecular flexibility index (Phi) is 4.87. The first-order chi connectivity index (χ1) is 14.2. The Morgan fingerprint density at radius 3 is 2.53 bits per heavy atom. The van der Waals surface area contributed by atoms with E-state index >= 15 is 0 Å². The summed E-state index contributed by atoms with van der Waals surface area (Å²) in [5.74, 6) is -3.19. The van der Waals surface area contributed by atoms with Crippen LogP contribution in [0.25, 0.3) is 0 Å². The third-order valence-corrected chi connectivity index (χ3v) is 5.46. The van der Waals surface area contributed by atoms with E-state index in [0.717, 1.165) is 17.0 Å². The normalized spacial score (nSPS) is 16.5. The maximum Gasteiger partial charge on any atom is 0.261 e. The molecule has 0 aliphatic carbocycles. The lowest BCUT2D eigenvalue weighted by Gasteiger charge is -2.38. The second-order valence-corrected chi connectivity index (χ2v) is 7.42. The molecule has 10 heteroatoms. The Morgan fingerprint density at radius 2 is 1.87 bits per heavy atom. The molecule has 0 fully saturated rings. The Bertz CT molecular complexity index is 1150. The molecule has 4 rings (SSSR count). The molecule has 1 N–H and O–H groups in total. The second-order valence-electron chi connectivity index (χ2n) is 6.99. The molecule has 1 aromatic heterocycles. The van der Waals surface area contributed by atoms with Gasteiger partial charge in [0, 0.05) is 16.7 Å². The summed E-state index contributed by atoms with van der Waals surface area (Å²) in [6.07, 6.45) is 2.51. The van der Waals surface area contributed by atoms with Gasteiger partial charge in [0.05, 0.1) is 23.7 Å². The third-order valence-electron chi connectivity index (χ3n) is 5.23. The molecule has 2 unspecified atom stereocenters. The summed E-state index contributed by atoms with van der Waals surface area (Å²) >= 11 is 5.94. The maximum atomic E-state index is 14.7. The number of fused-ring (bicyclic) bond motifs is 1. The van der Waals surface area contributed by atoms with E-state index in [1.807, 2.05) is 0 Å². The van der Waals surface area contributed by atoms with Gasteiger partial charge in [-0.3, -0.25) is 14.5 Å². The van der Waals surface area contributed by atoms with Gasteiger partial charge in [-0.1, -0.05) is 17.7 Å². The van der Waals surface area contributed by atoms with Gasteiger partial charge in [-0.25, -0.2) is 18.4 Å². The summed E-state index contributed by atoms with van der Waals surface area (Å²) in [6.45, 7) is 1.06. The topological polar surface area (TPSA) is 88.3 Å². The molecule has 0 saturated heterocycles. The number of rotatable bonds is 5. The van der Waals surface area contributed by atoms with Crippen molar-refractivity contribution >= 4 is 23.4 Å². The summed E-state index contributed by atoms with van der Waals surface area (Å²) in [5, 5.41) is 15.8. The summed E-state index contributed by atoms with van der Waals surface area (Å²) in [4.78, 5) is 30.5. The van der Waals surface area contributed by atoms with Gasteiger partial charge in [-0.2, -0.15) is 5.10 Å². The first kappa shape index (κ1) is 20.1. The van der Waals surface area contributed by atoms with Crippen LogP contribution in [-0.2, 0) is 12.1 Å². The van der Waals surface area contributed by atoms with Crippen molar-refractivity contribution in [3.63, 3.8) is 0 Å². The molecule has 2 amide bonds. The van der Waals surface area contributed by atoms with E-state index in [1.165, 1.54) is 42.5 Å². The molecule has 154 valence electrons. The Morgan fingerprint density at radius 1 is 1.13 bits per heavy atom. The number of carbonyl (C=O) groups is 2. The van der Waals surface area contributed by atoms with Crippen LogP contribution in [0.15, 0.2) is 49.1 Å². The SMILES string of the molecule is CC(N1C(=O)c2ccc(Cl)cc2C1=O)C(O)(Cn1cncn1)c1ccc(F)cc1F. The largest absolute Gasteiger partial charge is 0.381 e. The number of halogens is 3. The van der Waals surface area contributed by atoms with Crippen LogP contribution in [0.4, 0.5) is 8.78 Å². The lowest BCUT2D eigenvalue weighted by molar-refractivity contribution is -0.0480. The summed E-state index contributed by atoms with van der Waals surface area (Å²) in [5.41, 5.74) is -2.22. The summed E-state index contributed by atoms with van der Waals surface area (Å²) in [6, 6.07) is 5.69. The molecule has 30 heavy (non-hydrogen) atoms. The van der Waals surface area contributed by atoms with Gasteiger partial charge in [0.2, 0.25) is 0 Å². The van der Waals surface area contributed by atoms with E-state index in [-0.39, 0.29) is 28.3 Å². The van der Waals surface area contributed by atoms with Crippen LogP contribution in [0, 0.1) is 11.6 Å². The third kappa shape index (κ3) is 3.16. The highest BCUT2D eigenvalue weighted by Crippen LogP contribution is 2.37. The van der Waals surface area contributed by atoms with Crippen molar-refractivity contribution in [2.24, 2.45) is 0 Å². The quantitative estimate of drug-likeness (QED) is 0.626.